The van der Waals surface area contributed by atoms with Crippen molar-refractivity contribution >= 4 is 11.6 Å². The summed E-state index contributed by atoms with van der Waals surface area (Å²) in [6.07, 6.45) is 1.82. The Labute approximate surface area is 80.7 Å². The zero-order valence-corrected chi connectivity index (χ0v) is 8.01. The third kappa shape index (κ3) is 1.32. The van der Waals surface area contributed by atoms with Crippen LogP contribution in [0, 0.1) is 0 Å². The van der Waals surface area contributed by atoms with Gasteiger partial charge >= 0.3 is 5.69 Å². The average molecular weight is 190 g/mol. The largest absolute Gasteiger partial charge is 0.372 e. The molecule has 2 rings (SSSR count). The first kappa shape index (κ1) is 8.68. The van der Waals surface area contributed by atoms with Crippen LogP contribution in [0.4, 0.5) is 5.95 Å². The Kier molecular flexibility index (Phi) is 1.92. The molecule has 0 N–H and O–H groups in total. The predicted octanol–water partition coefficient (Wildman–Crippen LogP) is 0.155. The maximum absolute atomic E-state index is 11.1. The zero-order valence-electron chi connectivity index (χ0n) is 8.01. The molecule has 5 nitrogen and oxygen atoms in total. The minimum atomic E-state index is -0.458. The van der Waals surface area contributed by atoms with Crippen molar-refractivity contribution in [3.63, 3.8) is 0 Å². The molecule has 0 aromatic carbocycles. The number of pyridine rings is 1. The van der Waals surface area contributed by atoms with Gasteiger partial charge in [0.2, 0.25) is 5.95 Å². The number of fused-ring (bicyclic) bond motifs is 1. The molecule has 0 spiro atoms. The highest BCUT2D eigenvalue weighted by molar-refractivity contribution is 5.44. The van der Waals surface area contributed by atoms with E-state index in [1.54, 1.807) is 15.4 Å². The minimum Gasteiger partial charge on any atom is -0.348 e. The molecule has 0 unspecified atom stereocenters. The Balaban J connectivity index is 2.87. The maximum Gasteiger partial charge on any atom is 0.372 e. The van der Waals surface area contributed by atoms with E-state index in [1.807, 2.05) is 32.4 Å². The average Bonchev–Trinajstić information content (AvgIpc) is 2.16. The molecule has 0 bridgehead atoms. The van der Waals surface area contributed by atoms with E-state index in [-0.39, 0.29) is 0 Å². The van der Waals surface area contributed by atoms with Gasteiger partial charge in [0.15, 0.2) is 0 Å². The molecule has 14 heavy (non-hydrogen) atoms. The fraction of sp³-hybridized carbons (Fsp3) is 0.222. The smallest absolute Gasteiger partial charge is 0.348 e. The fourth-order valence-corrected chi connectivity index (χ4v) is 1.27. The summed E-state index contributed by atoms with van der Waals surface area (Å²) < 4.78 is 1.77. The van der Waals surface area contributed by atoms with Crippen LogP contribution in [-0.2, 0) is 0 Å². The van der Waals surface area contributed by atoms with E-state index in [0.29, 0.717) is 11.6 Å². The summed E-state index contributed by atoms with van der Waals surface area (Å²) >= 11 is 0. The standard InChI is InChI=1S/C9H10N4O/c1-12(2)9-11-8(14)10-7-5-3-4-6-13(7)9/h3-6H,1-2H3. The summed E-state index contributed by atoms with van der Waals surface area (Å²) in [7, 11) is 3.67. The van der Waals surface area contributed by atoms with Gasteiger partial charge in [0.05, 0.1) is 0 Å². The van der Waals surface area contributed by atoms with Crippen molar-refractivity contribution in [3.05, 3.63) is 34.9 Å². The van der Waals surface area contributed by atoms with Gasteiger partial charge in [-0.1, -0.05) is 6.07 Å². The Hall–Kier alpha value is -1.91. The van der Waals surface area contributed by atoms with Crippen molar-refractivity contribution in [2.24, 2.45) is 0 Å². The molecule has 0 saturated carbocycles. The highest BCUT2D eigenvalue weighted by Gasteiger charge is 2.04. The Morgan fingerprint density at radius 2 is 2.07 bits per heavy atom. The van der Waals surface area contributed by atoms with Crippen molar-refractivity contribution in [2.75, 3.05) is 19.0 Å². The summed E-state index contributed by atoms with van der Waals surface area (Å²) in [5, 5.41) is 0. The number of hydrogen-bond acceptors (Lipinski definition) is 4. The van der Waals surface area contributed by atoms with E-state index in [0.717, 1.165) is 0 Å². The van der Waals surface area contributed by atoms with Crippen LogP contribution in [-0.4, -0.2) is 28.5 Å². The Morgan fingerprint density at radius 3 is 2.79 bits per heavy atom. The summed E-state index contributed by atoms with van der Waals surface area (Å²) in [5.74, 6) is 0.584. The van der Waals surface area contributed by atoms with Gasteiger partial charge in [-0.05, 0) is 12.1 Å². The normalized spacial score (nSPS) is 10.4. The van der Waals surface area contributed by atoms with Crippen LogP contribution in [0.2, 0.25) is 0 Å². The van der Waals surface area contributed by atoms with E-state index in [9.17, 15) is 4.79 Å². The molecular formula is C9H10N4O. The molecule has 0 aliphatic heterocycles. The molecule has 0 radical (unpaired) electrons. The molecule has 2 aromatic rings. The second-order valence-electron chi connectivity index (χ2n) is 3.13. The van der Waals surface area contributed by atoms with E-state index in [1.165, 1.54) is 0 Å². The lowest BCUT2D eigenvalue weighted by molar-refractivity contribution is 0.899. The first-order chi connectivity index (χ1) is 6.68. The Morgan fingerprint density at radius 1 is 1.29 bits per heavy atom. The zero-order chi connectivity index (χ0) is 10.1. The molecule has 2 aromatic heterocycles. The fourth-order valence-electron chi connectivity index (χ4n) is 1.27. The molecule has 2 heterocycles. The van der Waals surface area contributed by atoms with Crippen LogP contribution in [0.25, 0.3) is 5.65 Å². The van der Waals surface area contributed by atoms with Crippen LogP contribution >= 0.6 is 0 Å². The quantitative estimate of drug-likeness (QED) is 0.642. The number of hydrogen-bond donors (Lipinski definition) is 0. The SMILES string of the molecule is CN(C)c1nc(=O)nc2ccccn12. The van der Waals surface area contributed by atoms with Gasteiger partial charge in [-0.15, -0.1) is 0 Å². The molecule has 0 aliphatic carbocycles. The lowest BCUT2D eigenvalue weighted by atomic mass is 10.5. The van der Waals surface area contributed by atoms with E-state index in [2.05, 4.69) is 9.97 Å². The summed E-state index contributed by atoms with van der Waals surface area (Å²) in [6, 6.07) is 5.48. The van der Waals surface area contributed by atoms with E-state index in [4.69, 9.17) is 0 Å². The van der Waals surface area contributed by atoms with Gasteiger partial charge in [0.25, 0.3) is 0 Å². The lowest BCUT2D eigenvalue weighted by Gasteiger charge is -2.13. The van der Waals surface area contributed by atoms with Gasteiger partial charge in [-0.3, -0.25) is 4.40 Å². The number of aromatic nitrogens is 3. The number of rotatable bonds is 1. The number of nitrogens with zero attached hydrogens (tertiary/aromatic N) is 4. The van der Waals surface area contributed by atoms with Crippen LogP contribution in [0.5, 0.6) is 0 Å². The van der Waals surface area contributed by atoms with Crippen molar-refractivity contribution in [1.82, 2.24) is 14.4 Å². The van der Waals surface area contributed by atoms with Gasteiger partial charge in [0.1, 0.15) is 5.65 Å². The molecule has 0 amide bonds. The first-order valence-electron chi connectivity index (χ1n) is 4.21. The molecule has 0 atom stereocenters. The van der Waals surface area contributed by atoms with Crippen LogP contribution < -0.4 is 10.6 Å². The van der Waals surface area contributed by atoms with Gasteiger partial charge < -0.3 is 4.90 Å². The van der Waals surface area contributed by atoms with Gasteiger partial charge in [-0.25, -0.2) is 4.79 Å². The van der Waals surface area contributed by atoms with Crippen LogP contribution in [0.3, 0.4) is 0 Å². The minimum absolute atomic E-state index is 0.458. The van der Waals surface area contributed by atoms with E-state index < -0.39 is 5.69 Å². The topological polar surface area (TPSA) is 50.5 Å². The first-order valence-corrected chi connectivity index (χ1v) is 4.21. The number of anilines is 1. The predicted molar refractivity (Wildman–Crippen MR) is 53.6 cm³/mol. The van der Waals surface area contributed by atoms with Crippen molar-refractivity contribution < 1.29 is 0 Å². The molecular weight excluding hydrogens is 180 g/mol. The van der Waals surface area contributed by atoms with Crippen molar-refractivity contribution in [2.45, 2.75) is 0 Å². The second kappa shape index (κ2) is 3.10. The molecule has 5 heteroatoms. The monoisotopic (exact) mass is 190 g/mol. The van der Waals surface area contributed by atoms with E-state index >= 15 is 0 Å². The second-order valence-corrected chi connectivity index (χ2v) is 3.13. The third-order valence-corrected chi connectivity index (χ3v) is 1.86. The van der Waals surface area contributed by atoms with Crippen LogP contribution in [0.1, 0.15) is 0 Å². The van der Waals surface area contributed by atoms with Crippen LogP contribution in [0.15, 0.2) is 29.2 Å². The molecule has 0 aliphatic rings. The van der Waals surface area contributed by atoms with Crippen molar-refractivity contribution in [1.29, 1.82) is 0 Å². The third-order valence-electron chi connectivity index (χ3n) is 1.86. The Bertz CT molecular complexity index is 517. The summed E-state index contributed by atoms with van der Waals surface area (Å²) in [5.41, 5.74) is 0.149. The molecule has 0 fully saturated rings. The summed E-state index contributed by atoms with van der Waals surface area (Å²) in [6.45, 7) is 0. The lowest BCUT2D eigenvalue weighted by Crippen LogP contribution is -2.22. The summed E-state index contributed by atoms with van der Waals surface area (Å²) in [4.78, 5) is 20.5. The van der Waals surface area contributed by atoms with Gasteiger partial charge in [-0.2, -0.15) is 9.97 Å². The maximum atomic E-state index is 11.1. The highest BCUT2D eigenvalue weighted by atomic mass is 16.1. The van der Waals surface area contributed by atoms with Crippen molar-refractivity contribution in [3.8, 4) is 0 Å². The molecule has 0 saturated heterocycles. The molecule has 72 valence electrons. The van der Waals surface area contributed by atoms with Gasteiger partial charge in [0, 0.05) is 20.3 Å². The highest BCUT2D eigenvalue weighted by Crippen LogP contribution is 2.06.